The molecule has 1 N–H and O–H groups in total. The molecule has 4 nitrogen and oxygen atoms in total. The molecule has 2 saturated carbocycles. The molecule has 4 aliphatic carbocycles. The first-order valence-corrected chi connectivity index (χ1v) is 13.9. The monoisotopic (exact) mass is 486 g/mol. The van der Waals surface area contributed by atoms with Crippen molar-refractivity contribution in [3.05, 3.63) is 46.6 Å². The minimum atomic E-state index is -0.960. The summed E-state index contributed by atoms with van der Waals surface area (Å²) in [6.07, 6.45) is 9.92. The number of ketones is 1. The van der Waals surface area contributed by atoms with Gasteiger partial charge in [-0.05, 0) is 97.6 Å². The van der Waals surface area contributed by atoms with Crippen LogP contribution < -0.4 is 9.47 Å². The van der Waals surface area contributed by atoms with Gasteiger partial charge in [0, 0.05) is 24.2 Å². The molecule has 0 spiro atoms. The number of carbonyl (C=O) groups excluding carboxylic acids is 1. The van der Waals surface area contributed by atoms with Gasteiger partial charge < -0.3 is 14.6 Å². The number of ether oxygens (including phenoxy) is 2. The Bertz CT molecular complexity index is 1210. The number of benzene rings is 1. The van der Waals surface area contributed by atoms with Gasteiger partial charge >= 0.3 is 0 Å². The van der Waals surface area contributed by atoms with Crippen molar-refractivity contribution in [1.82, 2.24) is 0 Å². The van der Waals surface area contributed by atoms with Crippen molar-refractivity contribution < 1.29 is 19.4 Å². The Hall–Kier alpha value is -2.51. The first-order valence-electron chi connectivity index (χ1n) is 13.9. The first-order chi connectivity index (χ1) is 17.3. The minimum Gasteiger partial charge on any atom is -0.454 e. The maximum atomic E-state index is 12.3. The fourth-order valence-corrected chi connectivity index (χ4v) is 7.87. The standard InChI is InChI=1S/C32H38O4/c1-20(2)6-4-5-14-32(34)15-13-27-25-10-7-21-16-23(33)9-11-24(21)30(25)26(18-31(27,32)3)22-8-12-28-29(17-22)36-19-35-28/h8,12,16-17,20,25-27,34H,4,6-7,9-11,13,15,18-19H2,1-3H3/t25-,26+,27-,31-,32+/m0/s1. The molecular formula is C32H38O4. The van der Waals surface area contributed by atoms with E-state index in [1.165, 1.54) is 22.3 Å². The maximum absolute atomic E-state index is 12.3. The van der Waals surface area contributed by atoms with Crippen LogP contribution in [-0.2, 0) is 4.79 Å². The van der Waals surface area contributed by atoms with Crippen molar-refractivity contribution in [2.24, 2.45) is 23.2 Å². The van der Waals surface area contributed by atoms with E-state index in [1.807, 2.05) is 12.1 Å². The van der Waals surface area contributed by atoms with Gasteiger partial charge in [-0.3, -0.25) is 4.79 Å². The Morgan fingerprint density at radius 1 is 1.14 bits per heavy atom. The number of allylic oxidation sites excluding steroid dienone is 4. The van der Waals surface area contributed by atoms with E-state index in [-0.39, 0.29) is 23.9 Å². The fourth-order valence-electron chi connectivity index (χ4n) is 7.87. The second kappa shape index (κ2) is 8.80. The van der Waals surface area contributed by atoms with E-state index in [9.17, 15) is 9.90 Å². The SMILES string of the molecule is CC(C)CCC#C[C@@]1(O)CC[C@H]2[C@@H]3CCC4=CC(=O)CCC4=C3[C@@H](c3ccc4c(c3)OCO4)C[C@@]21C. The van der Waals surface area contributed by atoms with E-state index in [0.717, 1.165) is 62.9 Å². The molecule has 6 rings (SSSR count). The molecule has 5 aliphatic rings. The van der Waals surface area contributed by atoms with Crippen molar-refractivity contribution in [1.29, 1.82) is 0 Å². The molecule has 1 aromatic carbocycles. The van der Waals surface area contributed by atoms with E-state index in [4.69, 9.17) is 9.47 Å². The largest absolute Gasteiger partial charge is 0.454 e. The molecule has 0 bridgehead atoms. The average Bonchev–Trinajstić information content (AvgIpc) is 3.42. The molecule has 0 amide bonds. The second-order valence-corrected chi connectivity index (χ2v) is 12.2. The zero-order valence-corrected chi connectivity index (χ0v) is 21.9. The highest BCUT2D eigenvalue weighted by molar-refractivity contribution is 5.93. The van der Waals surface area contributed by atoms with Crippen molar-refractivity contribution in [3.63, 3.8) is 0 Å². The third-order valence-corrected chi connectivity index (χ3v) is 9.83. The zero-order valence-electron chi connectivity index (χ0n) is 21.9. The lowest BCUT2D eigenvalue weighted by Gasteiger charge is -2.53. The third-order valence-electron chi connectivity index (χ3n) is 9.83. The highest BCUT2D eigenvalue weighted by Gasteiger charge is 2.62. The summed E-state index contributed by atoms with van der Waals surface area (Å²) in [5, 5.41) is 12.1. The zero-order chi connectivity index (χ0) is 25.1. The van der Waals surface area contributed by atoms with Crippen LogP contribution in [0.3, 0.4) is 0 Å². The van der Waals surface area contributed by atoms with Crippen LogP contribution in [0.5, 0.6) is 11.5 Å². The predicted molar refractivity (Wildman–Crippen MR) is 140 cm³/mol. The van der Waals surface area contributed by atoms with Gasteiger partial charge in [-0.25, -0.2) is 0 Å². The van der Waals surface area contributed by atoms with Crippen LogP contribution in [0.2, 0.25) is 0 Å². The second-order valence-electron chi connectivity index (χ2n) is 12.2. The summed E-state index contributed by atoms with van der Waals surface area (Å²) in [6.45, 7) is 7.01. The van der Waals surface area contributed by atoms with Crippen LogP contribution >= 0.6 is 0 Å². The molecule has 1 aliphatic heterocycles. The molecule has 2 fully saturated rings. The lowest BCUT2D eigenvalue weighted by molar-refractivity contribution is -0.114. The van der Waals surface area contributed by atoms with Gasteiger partial charge in [0.2, 0.25) is 6.79 Å². The van der Waals surface area contributed by atoms with Gasteiger partial charge in [0.15, 0.2) is 17.3 Å². The van der Waals surface area contributed by atoms with E-state index in [0.29, 0.717) is 24.2 Å². The maximum Gasteiger partial charge on any atom is 0.231 e. The van der Waals surface area contributed by atoms with Crippen LogP contribution in [0.25, 0.3) is 0 Å². The molecular weight excluding hydrogens is 448 g/mol. The summed E-state index contributed by atoms with van der Waals surface area (Å²) >= 11 is 0. The normalized spacial score (nSPS) is 34.5. The summed E-state index contributed by atoms with van der Waals surface area (Å²) in [6, 6.07) is 6.36. The molecule has 190 valence electrons. The highest BCUT2D eigenvalue weighted by Crippen LogP contribution is 2.66. The fraction of sp³-hybridized carbons (Fsp3) is 0.594. The van der Waals surface area contributed by atoms with Crippen molar-refractivity contribution in [3.8, 4) is 23.3 Å². The lowest BCUT2D eigenvalue weighted by Crippen LogP contribution is -2.51. The first kappa shape index (κ1) is 23.9. The summed E-state index contributed by atoms with van der Waals surface area (Å²) < 4.78 is 11.4. The molecule has 0 aromatic heterocycles. The average molecular weight is 487 g/mol. The van der Waals surface area contributed by atoms with Gasteiger partial charge in [0.05, 0.1) is 0 Å². The van der Waals surface area contributed by atoms with Crippen molar-refractivity contribution in [2.75, 3.05) is 6.79 Å². The molecule has 0 saturated heterocycles. The van der Waals surface area contributed by atoms with Gasteiger partial charge in [-0.2, -0.15) is 0 Å². The molecule has 4 heteroatoms. The number of fused-ring (bicyclic) bond motifs is 5. The van der Waals surface area contributed by atoms with E-state index in [1.54, 1.807) is 0 Å². The molecule has 1 heterocycles. The Morgan fingerprint density at radius 2 is 1.97 bits per heavy atom. The topological polar surface area (TPSA) is 55.8 Å². The quantitative estimate of drug-likeness (QED) is 0.497. The molecule has 36 heavy (non-hydrogen) atoms. The van der Waals surface area contributed by atoms with Crippen molar-refractivity contribution in [2.45, 2.75) is 90.1 Å². The lowest BCUT2D eigenvalue weighted by atomic mass is 9.51. The van der Waals surface area contributed by atoms with Gasteiger partial charge in [-0.1, -0.05) is 38.3 Å². The Morgan fingerprint density at radius 3 is 2.81 bits per heavy atom. The van der Waals surface area contributed by atoms with Crippen LogP contribution in [0, 0.1) is 35.0 Å². The summed E-state index contributed by atoms with van der Waals surface area (Å²) in [4.78, 5) is 12.3. The number of hydrogen-bond donors (Lipinski definition) is 1. The van der Waals surface area contributed by atoms with Crippen LogP contribution in [0.1, 0.15) is 90.0 Å². The minimum absolute atomic E-state index is 0.180. The van der Waals surface area contributed by atoms with Gasteiger partial charge in [-0.15, -0.1) is 5.92 Å². The molecule has 5 atom stereocenters. The van der Waals surface area contributed by atoms with E-state index >= 15 is 0 Å². The number of hydrogen-bond acceptors (Lipinski definition) is 4. The van der Waals surface area contributed by atoms with Gasteiger partial charge in [0.25, 0.3) is 0 Å². The Labute approximate surface area is 215 Å². The molecule has 0 unspecified atom stereocenters. The number of aliphatic hydroxyl groups is 1. The smallest absolute Gasteiger partial charge is 0.231 e. The molecule has 1 aromatic rings. The summed E-state index contributed by atoms with van der Waals surface area (Å²) in [5.41, 5.74) is 4.20. The van der Waals surface area contributed by atoms with Crippen LogP contribution in [0.4, 0.5) is 0 Å². The number of carbonyl (C=O) groups is 1. The van der Waals surface area contributed by atoms with Crippen LogP contribution in [0.15, 0.2) is 41.0 Å². The predicted octanol–water partition coefficient (Wildman–Crippen LogP) is 6.49. The summed E-state index contributed by atoms with van der Waals surface area (Å²) in [7, 11) is 0. The van der Waals surface area contributed by atoms with E-state index < -0.39 is 5.60 Å². The highest BCUT2D eigenvalue weighted by atomic mass is 16.7. The number of rotatable bonds is 3. The summed E-state index contributed by atoms with van der Waals surface area (Å²) in [5.74, 6) is 10.3. The Balaban J connectivity index is 1.44. The van der Waals surface area contributed by atoms with E-state index in [2.05, 4.69) is 44.7 Å². The van der Waals surface area contributed by atoms with Gasteiger partial charge in [0.1, 0.15) is 5.60 Å². The third kappa shape index (κ3) is 3.74. The van der Waals surface area contributed by atoms with Crippen molar-refractivity contribution >= 4 is 5.78 Å². The van der Waals surface area contributed by atoms with Crippen LogP contribution in [-0.4, -0.2) is 23.3 Å². The Kier molecular flexibility index (Phi) is 5.84. The molecule has 0 radical (unpaired) electrons.